The predicted octanol–water partition coefficient (Wildman–Crippen LogP) is 5.85. The Morgan fingerprint density at radius 3 is 2.49 bits per heavy atom. The van der Waals surface area contributed by atoms with E-state index < -0.39 is 16.3 Å². The Hall–Kier alpha value is -3.16. The number of carbonyl (C=O) groups is 1. The lowest BCUT2D eigenvalue weighted by Crippen LogP contribution is -2.45. The lowest BCUT2D eigenvalue weighted by Gasteiger charge is -2.34. The quantitative estimate of drug-likeness (QED) is 0.400. The fraction of sp³-hybridized carbons (Fsp3) is 0.484. The number of carbonyl (C=O) groups excluding carboxylic acids is 1. The number of anilines is 1. The van der Waals surface area contributed by atoms with Crippen molar-refractivity contribution in [2.75, 3.05) is 23.7 Å². The third-order valence-corrected chi connectivity index (χ3v) is 11.7. The van der Waals surface area contributed by atoms with Gasteiger partial charge in [0.05, 0.1) is 21.9 Å². The molecule has 3 aromatic rings. The summed E-state index contributed by atoms with van der Waals surface area (Å²) in [5.74, 6) is 0.699. The first-order valence-corrected chi connectivity index (χ1v) is 16.6. The van der Waals surface area contributed by atoms with E-state index in [4.69, 9.17) is 5.26 Å². The van der Waals surface area contributed by atoms with Gasteiger partial charge in [-0.25, -0.2) is 9.37 Å². The Kier molecular flexibility index (Phi) is 7.92. The summed E-state index contributed by atoms with van der Waals surface area (Å²) >= 11 is 1.53. The topological polar surface area (TPSA) is 99.0 Å². The largest absolute Gasteiger partial charge is 0.369 e. The average Bonchev–Trinajstić information content (AvgIpc) is 3.91. The smallest absolute Gasteiger partial charge is 0.224 e. The van der Waals surface area contributed by atoms with Crippen LogP contribution in [0, 0.1) is 23.1 Å². The number of nitrogens with one attached hydrogen (secondary N) is 1. The SMILES string of the molecule is N#CC1(NC(=O)C2CCCCC2)CC1.O=S1CCN(c2ccc(-c3cnc(-c4cncc(F)c4)s3)cc2)CC12CC2. The van der Waals surface area contributed by atoms with Crippen LogP contribution in [0.4, 0.5) is 10.1 Å². The zero-order chi connectivity index (χ0) is 28.5. The summed E-state index contributed by atoms with van der Waals surface area (Å²) in [6.07, 6.45) is 14.1. The summed E-state index contributed by atoms with van der Waals surface area (Å²) in [4.78, 5) is 23.5. The van der Waals surface area contributed by atoms with Gasteiger partial charge in [-0.05, 0) is 62.3 Å². The number of thiazole rings is 1. The van der Waals surface area contributed by atoms with Crippen LogP contribution in [0.2, 0.25) is 0 Å². The number of benzene rings is 1. The van der Waals surface area contributed by atoms with E-state index in [1.165, 1.54) is 35.7 Å². The Labute approximate surface area is 246 Å². The Bertz CT molecular complexity index is 1470. The van der Waals surface area contributed by atoms with Gasteiger partial charge in [0.1, 0.15) is 16.4 Å². The number of nitrogens with zero attached hydrogens (tertiary/aromatic N) is 4. The van der Waals surface area contributed by atoms with Gasteiger partial charge in [-0.3, -0.25) is 14.0 Å². The van der Waals surface area contributed by atoms with Crippen LogP contribution in [0.3, 0.4) is 0 Å². The second-order valence-electron chi connectivity index (χ2n) is 11.6. The van der Waals surface area contributed by atoms with Gasteiger partial charge >= 0.3 is 0 Å². The summed E-state index contributed by atoms with van der Waals surface area (Å²) < 4.78 is 25.6. The van der Waals surface area contributed by atoms with Crippen molar-refractivity contribution >= 4 is 33.7 Å². The summed E-state index contributed by atoms with van der Waals surface area (Å²) in [6.45, 7) is 1.75. The molecular weight excluding hydrogens is 558 g/mol. The van der Waals surface area contributed by atoms with Crippen molar-refractivity contribution in [2.45, 2.75) is 68.1 Å². The van der Waals surface area contributed by atoms with Gasteiger partial charge in [0.2, 0.25) is 5.91 Å². The maximum atomic E-state index is 13.4. The molecule has 1 unspecified atom stereocenters. The summed E-state index contributed by atoms with van der Waals surface area (Å²) in [5, 5.41) is 12.5. The molecule has 1 aromatic carbocycles. The Morgan fingerprint density at radius 2 is 1.83 bits per heavy atom. The molecule has 4 aliphatic rings. The van der Waals surface area contributed by atoms with Gasteiger partial charge in [0.15, 0.2) is 0 Å². The molecule has 1 aliphatic heterocycles. The van der Waals surface area contributed by atoms with E-state index in [0.29, 0.717) is 5.56 Å². The molecule has 41 heavy (non-hydrogen) atoms. The van der Waals surface area contributed by atoms with Crippen LogP contribution in [0.25, 0.3) is 21.0 Å². The molecule has 7 rings (SSSR count). The first-order valence-electron chi connectivity index (χ1n) is 14.4. The fourth-order valence-corrected chi connectivity index (χ4v) is 8.23. The minimum Gasteiger partial charge on any atom is -0.369 e. The molecule has 2 aromatic heterocycles. The Balaban J connectivity index is 0.000000182. The van der Waals surface area contributed by atoms with E-state index in [2.05, 4.69) is 50.5 Å². The van der Waals surface area contributed by atoms with Crippen LogP contribution in [-0.2, 0) is 15.6 Å². The zero-order valence-electron chi connectivity index (χ0n) is 23.0. The summed E-state index contributed by atoms with van der Waals surface area (Å²) in [5.41, 5.74) is 2.49. The highest BCUT2D eigenvalue weighted by Gasteiger charge is 2.51. The van der Waals surface area contributed by atoms with Crippen LogP contribution < -0.4 is 10.2 Å². The number of nitriles is 1. The molecule has 4 fully saturated rings. The number of hydrogen-bond acceptors (Lipinski definition) is 7. The van der Waals surface area contributed by atoms with Crippen molar-refractivity contribution in [1.82, 2.24) is 15.3 Å². The highest BCUT2D eigenvalue weighted by molar-refractivity contribution is 7.86. The number of hydrogen-bond donors (Lipinski definition) is 1. The monoisotopic (exact) mass is 591 g/mol. The zero-order valence-corrected chi connectivity index (χ0v) is 24.6. The van der Waals surface area contributed by atoms with E-state index in [1.54, 1.807) is 6.20 Å². The van der Waals surface area contributed by atoms with Crippen LogP contribution in [0.1, 0.15) is 57.8 Å². The third-order valence-electron chi connectivity index (χ3n) is 8.59. The molecule has 1 N–H and O–H groups in total. The molecular formula is C31H34FN5O2S2. The standard InChI is InChI=1S/C20H18FN3OS2.C11H16N2O/c21-16-9-15(10-22-11-16)19-23-12-18(26-19)14-1-3-17(4-2-14)24-7-8-27(25)20(13-24)5-6-20;12-8-11(6-7-11)13-10(14)9-4-2-1-3-5-9/h1-4,9-12H,5-8,13H2;9H,1-7H2,(H,13,14). The number of halogens is 1. The van der Waals surface area contributed by atoms with E-state index in [9.17, 15) is 13.4 Å². The number of pyridine rings is 1. The molecule has 3 saturated carbocycles. The van der Waals surface area contributed by atoms with Gasteiger partial charge in [-0.15, -0.1) is 11.3 Å². The number of amides is 1. The van der Waals surface area contributed by atoms with Crippen molar-refractivity contribution in [2.24, 2.45) is 5.92 Å². The average molecular weight is 592 g/mol. The van der Waals surface area contributed by atoms with Crippen molar-refractivity contribution in [3.05, 3.63) is 54.7 Å². The van der Waals surface area contributed by atoms with E-state index in [1.807, 2.05) is 6.20 Å². The van der Waals surface area contributed by atoms with E-state index in [-0.39, 0.29) is 22.4 Å². The second kappa shape index (κ2) is 11.6. The molecule has 3 heterocycles. The number of aromatic nitrogens is 2. The van der Waals surface area contributed by atoms with Crippen LogP contribution in [0.5, 0.6) is 0 Å². The van der Waals surface area contributed by atoms with Gasteiger partial charge in [-0.2, -0.15) is 5.26 Å². The minimum atomic E-state index is -0.665. The molecule has 7 nitrogen and oxygen atoms in total. The molecule has 0 bridgehead atoms. The third kappa shape index (κ3) is 6.36. The molecule has 0 radical (unpaired) electrons. The van der Waals surface area contributed by atoms with E-state index >= 15 is 0 Å². The Morgan fingerprint density at radius 1 is 1.07 bits per heavy atom. The first-order chi connectivity index (χ1) is 19.9. The van der Waals surface area contributed by atoms with Gasteiger partial charge in [0, 0.05) is 59.2 Å². The van der Waals surface area contributed by atoms with Crippen molar-refractivity contribution < 1.29 is 13.4 Å². The van der Waals surface area contributed by atoms with Gasteiger partial charge in [-0.1, -0.05) is 31.4 Å². The van der Waals surface area contributed by atoms with Gasteiger partial charge in [0.25, 0.3) is 0 Å². The van der Waals surface area contributed by atoms with Crippen molar-refractivity contribution in [3.63, 3.8) is 0 Å². The van der Waals surface area contributed by atoms with E-state index in [0.717, 1.165) is 85.7 Å². The van der Waals surface area contributed by atoms with Crippen LogP contribution >= 0.6 is 11.3 Å². The predicted molar refractivity (Wildman–Crippen MR) is 160 cm³/mol. The molecule has 214 valence electrons. The maximum absolute atomic E-state index is 13.4. The second-order valence-corrected chi connectivity index (χ2v) is 14.6. The van der Waals surface area contributed by atoms with Gasteiger partial charge < -0.3 is 10.2 Å². The summed E-state index contributed by atoms with van der Waals surface area (Å²) in [6, 6.07) is 12.1. The van der Waals surface area contributed by atoms with Crippen molar-refractivity contribution in [1.29, 1.82) is 5.26 Å². The highest BCUT2D eigenvalue weighted by atomic mass is 32.2. The molecule has 10 heteroatoms. The molecule has 1 atom stereocenters. The van der Waals surface area contributed by atoms with Crippen molar-refractivity contribution in [3.8, 4) is 27.1 Å². The van der Waals surface area contributed by atoms with Crippen LogP contribution in [-0.4, -0.2) is 49.2 Å². The number of rotatable bonds is 5. The maximum Gasteiger partial charge on any atom is 0.224 e. The fourth-order valence-electron chi connectivity index (χ4n) is 5.65. The lowest BCUT2D eigenvalue weighted by molar-refractivity contribution is -0.126. The molecule has 1 spiro atoms. The highest BCUT2D eigenvalue weighted by Crippen LogP contribution is 2.45. The lowest BCUT2D eigenvalue weighted by atomic mass is 9.88. The normalized spacial score (nSPS) is 22.2. The first kappa shape index (κ1) is 28.0. The summed E-state index contributed by atoms with van der Waals surface area (Å²) in [7, 11) is -0.665. The minimum absolute atomic E-state index is 0.0580. The van der Waals surface area contributed by atoms with Crippen LogP contribution in [0.15, 0.2) is 48.9 Å². The molecule has 1 amide bonds. The molecule has 3 aliphatic carbocycles. The molecule has 1 saturated heterocycles.